The highest BCUT2D eigenvalue weighted by molar-refractivity contribution is 8.01. The van der Waals surface area contributed by atoms with E-state index in [9.17, 15) is 9.90 Å². The molecule has 0 fully saturated rings. The molecule has 0 aliphatic heterocycles. The number of aromatic nitrogens is 1. The second-order valence-corrected chi connectivity index (χ2v) is 6.36. The van der Waals surface area contributed by atoms with Gasteiger partial charge in [0.05, 0.1) is 22.1 Å². The molecule has 0 spiro atoms. The number of aliphatic hydroxyl groups is 1. The largest absolute Gasteiger partial charge is 0.391 e. The van der Waals surface area contributed by atoms with E-state index < -0.39 is 6.10 Å². The topological polar surface area (TPSA) is 62.2 Å². The predicted octanol–water partition coefficient (Wildman–Crippen LogP) is 2.28. The predicted molar refractivity (Wildman–Crippen MR) is 79.7 cm³/mol. The number of para-hydroxylation sites is 1. The molecule has 1 aromatic heterocycles. The zero-order valence-corrected chi connectivity index (χ0v) is 12.3. The summed E-state index contributed by atoms with van der Waals surface area (Å²) >= 11 is 3.02. The number of aliphatic hydroxyl groups excluding tert-OH is 1. The highest BCUT2D eigenvalue weighted by atomic mass is 32.2. The third kappa shape index (κ3) is 4.19. The van der Waals surface area contributed by atoms with Crippen LogP contribution in [0.1, 0.15) is 13.3 Å². The van der Waals surface area contributed by atoms with Gasteiger partial charge >= 0.3 is 0 Å². The second-order valence-electron chi connectivity index (χ2n) is 4.10. The van der Waals surface area contributed by atoms with Gasteiger partial charge in [-0.05, 0) is 18.6 Å². The average molecular weight is 296 g/mol. The SMILES string of the molecule is CCC(O)CNC(=O)CSc1nc2ccccc2s1. The van der Waals surface area contributed by atoms with Crippen LogP contribution in [0.25, 0.3) is 10.2 Å². The first-order chi connectivity index (χ1) is 9.19. The van der Waals surface area contributed by atoms with Crippen LogP contribution in [-0.4, -0.2) is 34.4 Å². The molecule has 0 aliphatic carbocycles. The summed E-state index contributed by atoms with van der Waals surface area (Å²) in [4.78, 5) is 16.0. The Hall–Kier alpha value is -1.11. The number of amides is 1. The highest BCUT2D eigenvalue weighted by Crippen LogP contribution is 2.28. The number of hydrogen-bond acceptors (Lipinski definition) is 5. The summed E-state index contributed by atoms with van der Waals surface area (Å²) in [6.45, 7) is 2.20. The Labute approximate surface area is 120 Å². The summed E-state index contributed by atoms with van der Waals surface area (Å²) in [5.41, 5.74) is 0.969. The number of fused-ring (bicyclic) bond motifs is 1. The highest BCUT2D eigenvalue weighted by Gasteiger charge is 2.08. The van der Waals surface area contributed by atoms with Crippen molar-refractivity contribution in [3.05, 3.63) is 24.3 Å². The summed E-state index contributed by atoms with van der Waals surface area (Å²) < 4.78 is 2.03. The molecule has 19 heavy (non-hydrogen) atoms. The molecule has 6 heteroatoms. The quantitative estimate of drug-likeness (QED) is 0.803. The molecule has 1 unspecified atom stereocenters. The fourth-order valence-electron chi connectivity index (χ4n) is 1.47. The number of hydrogen-bond donors (Lipinski definition) is 2. The summed E-state index contributed by atoms with van der Waals surface area (Å²) in [5, 5.41) is 12.1. The minimum Gasteiger partial charge on any atom is -0.391 e. The van der Waals surface area contributed by atoms with Crippen LogP contribution in [0.15, 0.2) is 28.6 Å². The molecular formula is C13H16N2O2S2. The third-order valence-electron chi connectivity index (χ3n) is 2.61. The van der Waals surface area contributed by atoms with E-state index in [0.717, 1.165) is 14.6 Å². The van der Waals surface area contributed by atoms with Gasteiger partial charge in [0.15, 0.2) is 4.34 Å². The van der Waals surface area contributed by atoms with E-state index in [2.05, 4.69) is 10.3 Å². The molecule has 2 rings (SSSR count). The molecule has 0 radical (unpaired) electrons. The van der Waals surface area contributed by atoms with Crippen LogP contribution < -0.4 is 5.32 Å². The molecule has 0 aliphatic rings. The molecular weight excluding hydrogens is 280 g/mol. The Balaban J connectivity index is 1.83. The molecule has 1 amide bonds. The molecule has 0 saturated heterocycles. The van der Waals surface area contributed by atoms with Gasteiger partial charge in [0.25, 0.3) is 0 Å². The number of carbonyl (C=O) groups is 1. The maximum atomic E-state index is 11.6. The van der Waals surface area contributed by atoms with Gasteiger partial charge in [-0.1, -0.05) is 30.8 Å². The molecule has 2 N–H and O–H groups in total. The van der Waals surface area contributed by atoms with Crippen LogP contribution in [-0.2, 0) is 4.79 Å². The standard InChI is InChI=1S/C13H16N2O2S2/c1-2-9(16)7-14-12(17)8-18-13-15-10-5-3-4-6-11(10)19-13/h3-6,9,16H,2,7-8H2,1H3,(H,14,17). The Morgan fingerprint density at radius 2 is 2.32 bits per heavy atom. The molecule has 1 aromatic carbocycles. The Bertz CT molecular complexity index is 523. The van der Waals surface area contributed by atoms with Crippen LogP contribution in [0.2, 0.25) is 0 Å². The van der Waals surface area contributed by atoms with Crippen molar-refractivity contribution >= 4 is 39.2 Å². The van der Waals surface area contributed by atoms with E-state index in [0.29, 0.717) is 18.7 Å². The van der Waals surface area contributed by atoms with Gasteiger partial charge in [-0.2, -0.15) is 0 Å². The van der Waals surface area contributed by atoms with Crippen LogP contribution >= 0.6 is 23.1 Å². The molecule has 4 nitrogen and oxygen atoms in total. The second kappa shape index (κ2) is 6.88. The molecule has 2 aromatic rings. The molecule has 1 heterocycles. The number of nitrogens with zero attached hydrogens (tertiary/aromatic N) is 1. The molecule has 102 valence electrons. The molecule has 0 bridgehead atoms. The lowest BCUT2D eigenvalue weighted by Crippen LogP contribution is -2.32. The van der Waals surface area contributed by atoms with Crippen molar-refractivity contribution in [3.63, 3.8) is 0 Å². The lowest BCUT2D eigenvalue weighted by Gasteiger charge is -2.08. The van der Waals surface area contributed by atoms with Gasteiger partial charge in [0.2, 0.25) is 5.91 Å². The van der Waals surface area contributed by atoms with Crippen molar-refractivity contribution in [1.29, 1.82) is 0 Å². The number of thiazole rings is 1. The summed E-state index contributed by atoms with van der Waals surface area (Å²) in [6, 6.07) is 7.92. The number of carbonyl (C=O) groups excluding carboxylic acids is 1. The molecule has 1 atom stereocenters. The lowest BCUT2D eigenvalue weighted by atomic mass is 10.3. The lowest BCUT2D eigenvalue weighted by molar-refractivity contribution is -0.119. The normalized spacial score (nSPS) is 12.5. The smallest absolute Gasteiger partial charge is 0.230 e. The van der Waals surface area contributed by atoms with Gasteiger partial charge < -0.3 is 10.4 Å². The number of benzene rings is 1. The first-order valence-corrected chi connectivity index (χ1v) is 7.92. The van der Waals surface area contributed by atoms with Crippen LogP contribution in [0.4, 0.5) is 0 Å². The van der Waals surface area contributed by atoms with E-state index in [4.69, 9.17) is 0 Å². The summed E-state index contributed by atoms with van der Waals surface area (Å²) in [7, 11) is 0. The van der Waals surface area contributed by atoms with Gasteiger partial charge in [-0.3, -0.25) is 4.79 Å². The van der Waals surface area contributed by atoms with Crippen molar-refractivity contribution < 1.29 is 9.90 Å². The van der Waals surface area contributed by atoms with E-state index in [1.54, 1.807) is 11.3 Å². The maximum Gasteiger partial charge on any atom is 0.230 e. The van der Waals surface area contributed by atoms with Crippen LogP contribution in [0, 0.1) is 0 Å². The summed E-state index contributed by atoms with van der Waals surface area (Å²) in [6.07, 6.45) is 0.182. The van der Waals surface area contributed by atoms with Crippen molar-refractivity contribution in [3.8, 4) is 0 Å². The van der Waals surface area contributed by atoms with E-state index in [-0.39, 0.29) is 5.91 Å². The van der Waals surface area contributed by atoms with E-state index >= 15 is 0 Å². The van der Waals surface area contributed by atoms with Gasteiger partial charge in [-0.15, -0.1) is 11.3 Å². The fourth-order valence-corrected chi connectivity index (χ4v) is 3.37. The van der Waals surface area contributed by atoms with Gasteiger partial charge in [-0.25, -0.2) is 4.98 Å². The van der Waals surface area contributed by atoms with E-state index in [1.807, 2.05) is 31.2 Å². The van der Waals surface area contributed by atoms with E-state index in [1.165, 1.54) is 11.8 Å². The van der Waals surface area contributed by atoms with Crippen LogP contribution in [0.5, 0.6) is 0 Å². The van der Waals surface area contributed by atoms with Crippen molar-refractivity contribution in [2.45, 2.75) is 23.8 Å². The van der Waals surface area contributed by atoms with Gasteiger partial charge in [0, 0.05) is 6.54 Å². The first kappa shape index (κ1) is 14.3. The minimum absolute atomic E-state index is 0.0724. The van der Waals surface area contributed by atoms with Crippen molar-refractivity contribution in [2.75, 3.05) is 12.3 Å². The van der Waals surface area contributed by atoms with Crippen LogP contribution in [0.3, 0.4) is 0 Å². The fraction of sp³-hybridized carbons (Fsp3) is 0.385. The monoisotopic (exact) mass is 296 g/mol. The van der Waals surface area contributed by atoms with Crippen molar-refractivity contribution in [2.24, 2.45) is 0 Å². The summed E-state index contributed by atoms with van der Waals surface area (Å²) in [5.74, 6) is 0.257. The first-order valence-electron chi connectivity index (χ1n) is 6.12. The molecule has 0 saturated carbocycles. The number of rotatable bonds is 6. The average Bonchev–Trinajstić information content (AvgIpc) is 2.85. The zero-order valence-electron chi connectivity index (χ0n) is 10.6. The Morgan fingerprint density at radius 1 is 1.53 bits per heavy atom. The maximum absolute atomic E-state index is 11.6. The number of nitrogens with one attached hydrogen (secondary N) is 1. The Morgan fingerprint density at radius 3 is 3.05 bits per heavy atom. The number of thioether (sulfide) groups is 1. The minimum atomic E-state index is -0.462. The zero-order chi connectivity index (χ0) is 13.7. The third-order valence-corrected chi connectivity index (χ3v) is 4.79. The van der Waals surface area contributed by atoms with Crippen molar-refractivity contribution in [1.82, 2.24) is 10.3 Å². The Kier molecular flexibility index (Phi) is 5.18. The van der Waals surface area contributed by atoms with Gasteiger partial charge in [0.1, 0.15) is 0 Å².